The first kappa shape index (κ1) is 17.0. The zero-order valence-electron chi connectivity index (χ0n) is 11.9. The van der Waals surface area contributed by atoms with E-state index in [0.29, 0.717) is 11.5 Å². The molecule has 4 nitrogen and oxygen atoms in total. The van der Waals surface area contributed by atoms with E-state index in [1.807, 2.05) is 18.2 Å². The lowest BCUT2D eigenvalue weighted by atomic mass is 10.0. The number of piperazine rings is 1. The highest BCUT2D eigenvalue weighted by Crippen LogP contribution is 2.37. The van der Waals surface area contributed by atoms with Crippen LogP contribution >= 0.6 is 12.4 Å². The smallest absolute Gasteiger partial charge is 0.127 e. The Labute approximate surface area is 125 Å². The van der Waals surface area contributed by atoms with Crippen LogP contribution in [-0.2, 0) is 0 Å². The standard InChI is InChI=1S/C14H21FN2O2.ClH/c1-18-12-4-3-5-13(19-2)14(12)11(10-15)17-8-6-16-7-9-17;/h3-5,11,16H,6-10H2,1-2H3;1H/t11-;/m1./s1. The summed E-state index contributed by atoms with van der Waals surface area (Å²) in [5.41, 5.74) is 0.803. The number of ether oxygens (including phenoxy) is 2. The second kappa shape index (κ2) is 8.29. The van der Waals surface area contributed by atoms with Crippen molar-refractivity contribution < 1.29 is 13.9 Å². The predicted molar refractivity (Wildman–Crippen MR) is 80.0 cm³/mol. The van der Waals surface area contributed by atoms with Crippen LogP contribution in [0.25, 0.3) is 0 Å². The maximum Gasteiger partial charge on any atom is 0.127 e. The lowest BCUT2D eigenvalue weighted by molar-refractivity contribution is 0.142. The third kappa shape index (κ3) is 3.53. The molecule has 1 aliphatic heterocycles. The molecule has 1 N–H and O–H groups in total. The van der Waals surface area contributed by atoms with Gasteiger partial charge in [0, 0.05) is 26.2 Å². The summed E-state index contributed by atoms with van der Waals surface area (Å²) in [7, 11) is 3.21. The van der Waals surface area contributed by atoms with E-state index >= 15 is 0 Å². The van der Waals surface area contributed by atoms with Gasteiger partial charge in [0.2, 0.25) is 0 Å². The first-order chi connectivity index (χ1) is 9.31. The van der Waals surface area contributed by atoms with Crippen molar-refractivity contribution in [2.24, 2.45) is 0 Å². The molecule has 0 amide bonds. The van der Waals surface area contributed by atoms with Gasteiger partial charge in [0.1, 0.15) is 18.2 Å². The highest BCUT2D eigenvalue weighted by atomic mass is 35.5. The van der Waals surface area contributed by atoms with E-state index in [2.05, 4.69) is 10.2 Å². The molecular formula is C14H22ClFN2O2. The maximum atomic E-state index is 13.6. The normalized spacial score (nSPS) is 17.1. The molecule has 0 spiro atoms. The van der Waals surface area contributed by atoms with Gasteiger partial charge in [-0.2, -0.15) is 0 Å². The molecule has 0 aromatic heterocycles. The fourth-order valence-corrected chi connectivity index (χ4v) is 2.56. The average molecular weight is 305 g/mol. The summed E-state index contributed by atoms with van der Waals surface area (Å²) in [5.74, 6) is 1.36. The number of nitrogens with zero attached hydrogens (tertiary/aromatic N) is 1. The Balaban J connectivity index is 0.00000200. The molecule has 0 unspecified atom stereocenters. The summed E-state index contributed by atoms with van der Waals surface area (Å²) in [5, 5.41) is 3.28. The number of rotatable bonds is 5. The van der Waals surface area contributed by atoms with Crippen molar-refractivity contribution in [1.29, 1.82) is 0 Å². The Morgan fingerprint density at radius 3 is 2.20 bits per heavy atom. The Kier molecular flexibility index (Phi) is 7.05. The van der Waals surface area contributed by atoms with Crippen LogP contribution < -0.4 is 14.8 Å². The van der Waals surface area contributed by atoms with E-state index in [4.69, 9.17) is 9.47 Å². The van der Waals surface area contributed by atoms with E-state index in [9.17, 15) is 4.39 Å². The molecule has 0 bridgehead atoms. The molecule has 0 saturated carbocycles. The molecular weight excluding hydrogens is 283 g/mol. The molecule has 20 heavy (non-hydrogen) atoms. The van der Waals surface area contributed by atoms with Gasteiger partial charge in [-0.3, -0.25) is 4.90 Å². The molecule has 0 radical (unpaired) electrons. The number of alkyl halides is 1. The van der Waals surface area contributed by atoms with Crippen molar-refractivity contribution in [2.75, 3.05) is 47.1 Å². The minimum Gasteiger partial charge on any atom is -0.496 e. The van der Waals surface area contributed by atoms with Crippen molar-refractivity contribution in [1.82, 2.24) is 10.2 Å². The lowest BCUT2D eigenvalue weighted by Crippen LogP contribution is -2.45. The van der Waals surface area contributed by atoms with Gasteiger partial charge in [0.05, 0.1) is 25.8 Å². The number of halogens is 2. The number of methoxy groups -OCH3 is 2. The highest BCUT2D eigenvalue weighted by molar-refractivity contribution is 5.85. The van der Waals surface area contributed by atoms with E-state index in [1.165, 1.54) is 0 Å². The highest BCUT2D eigenvalue weighted by Gasteiger charge is 2.27. The number of hydrogen-bond donors (Lipinski definition) is 1. The van der Waals surface area contributed by atoms with Gasteiger partial charge >= 0.3 is 0 Å². The number of nitrogens with one attached hydrogen (secondary N) is 1. The van der Waals surface area contributed by atoms with Gasteiger partial charge in [-0.25, -0.2) is 4.39 Å². The Morgan fingerprint density at radius 2 is 1.75 bits per heavy atom. The molecule has 1 aromatic rings. The molecule has 114 valence electrons. The molecule has 2 rings (SSSR count). The zero-order valence-corrected chi connectivity index (χ0v) is 12.7. The third-order valence-corrected chi connectivity index (χ3v) is 3.54. The van der Waals surface area contributed by atoms with Gasteiger partial charge in [-0.1, -0.05) is 6.07 Å². The van der Waals surface area contributed by atoms with Crippen molar-refractivity contribution in [3.63, 3.8) is 0 Å². The van der Waals surface area contributed by atoms with Gasteiger partial charge in [-0.15, -0.1) is 12.4 Å². The summed E-state index contributed by atoms with van der Waals surface area (Å²) >= 11 is 0. The molecule has 1 aromatic carbocycles. The summed E-state index contributed by atoms with van der Waals surface area (Å²) in [6.45, 7) is 2.98. The second-order valence-electron chi connectivity index (χ2n) is 4.53. The molecule has 1 aliphatic rings. The summed E-state index contributed by atoms with van der Waals surface area (Å²) in [6.07, 6.45) is 0. The van der Waals surface area contributed by atoms with E-state index in [-0.39, 0.29) is 18.4 Å². The van der Waals surface area contributed by atoms with Crippen molar-refractivity contribution in [2.45, 2.75) is 6.04 Å². The van der Waals surface area contributed by atoms with Crippen LogP contribution in [0.4, 0.5) is 4.39 Å². The topological polar surface area (TPSA) is 33.7 Å². The van der Waals surface area contributed by atoms with E-state index in [1.54, 1.807) is 14.2 Å². The van der Waals surface area contributed by atoms with Crippen LogP contribution in [0.3, 0.4) is 0 Å². The fourth-order valence-electron chi connectivity index (χ4n) is 2.56. The fraction of sp³-hybridized carbons (Fsp3) is 0.571. The Bertz CT molecular complexity index is 392. The minimum atomic E-state index is -0.448. The quantitative estimate of drug-likeness (QED) is 0.903. The van der Waals surface area contributed by atoms with E-state index in [0.717, 1.165) is 31.7 Å². The monoisotopic (exact) mass is 304 g/mol. The lowest BCUT2D eigenvalue weighted by Gasteiger charge is -2.34. The summed E-state index contributed by atoms with van der Waals surface area (Å²) < 4.78 is 24.3. The third-order valence-electron chi connectivity index (χ3n) is 3.54. The van der Waals surface area contributed by atoms with Crippen LogP contribution in [0.5, 0.6) is 11.5 Å². The molecule has 1 fully saturated rings. The maximum absolute atomic E-state index is 13.6. The Hall–Kier alpha value is -1.04. The molecule has 1 atom stereocenters. The number of benzene rings is 1. The van der Waals surface area contributed by atoms with Crippen molar-refractivity contribution >= 4 is 12.4 Å². The zero-order chi connectivity index (χ0) is 13.7. The average Bonchev–Trinajstić information content (AvgIpc) is 2.49. The van der Waals surface area contributed by atoms with E-state index < -0.39 is 6.67 Å². The molecule has 1 heterocycles. The second-order valence-corrected chi connectivity index (χ2v) is 4.53. The minimum absolute atomic E-state index is 0. The first-order valence-corrected chi connectivity index (χ1v) is 6.53. The SMILES string of the molecule is COc1cccc(OC)c1[C@@H](CF)N1CCNCC1.Cl. The van der Waals surface area contributed by atoms with Crippen molar-refractivity contribution in [3.05, 3.63) is 23.8 Å². The predicted octanol–water partition coefficient (Wildman–Crippen LogP) is 2.04. The van der Waals surface area contributed by atoms with Crippen LogP contribution in [-0.4, -0.2) is 52.0 Å². The molecule has 0 aliphatic carbocycles. The first-order valence-electron chi connectivity index (χ1n) is 6.53. The summed E-state index contributed by atoms with van der Waals surface area (Å²) in [4.78, 5) is 2.14. The largest absolute Gasteiger partial charge is 0.496 e. The van der Waals surface area contributed by atoms with Crippen LogP contribution in [0.15, 0.2) is 18.2 Å². The number of hydrogen-bond acceptors (Lipinski definition) is 4. The Morgan fingerprint density at radius 1 is 1.20 bits per heavy atom. The van der Waals surface area contributed by atoms with Gasteiger partial charge in [-0.05, 0) is 12.1 Å². The molecule has 1 saturated heterocycles. The van der Waals surface area contributed by atoms with Gasteiger partial charge in [0.15, 0.2) is 0 Å². The van der Waals surface area contributed by atoms with Gasteiger partial charge < -0.3 is 14.8 Å². The van der Waals surface area contributed by atoms with Crippen LogP contribution in [0.1, 0.15) is 11.6 Å². The summed E-state index contributed by atoms with van der Waals surface area (Å²) in [6, 6.07) is 5.24. The van der Waals surface area contributed by atoms with Crippen LogP contribution in [0, 0.1) is 0 Å². The van der Waals surface area contributed by atoms with Crippen LogP contribution in [0.2, 0.25) is 0 Å². The van der Waals surface area contributed by atoms with Gasteiger partial charge in [0.25, 0.3) is 0 Å². The van der Waals surface area contributed by atoms with Crippen molar-refractivity contribution in [3.8, 4) is 11.5 Å². The molecule has 6 heteroatoms.